The van der Waals surface area contributed by atoms with Crippen molar-refractivity contribution in [2.24, 2.45) is 0 Å². The van der Waals surface area contributed by atoms with Crippen molar-refractivity contribution in [1.29, 1.82) is 0 Å². The number of benzene rings is 9. The summed E-state index contributed by atoms with van der Waals surface area (Å²) in [7, 11) is 0. The fourth-order valence-electron chi connectivity index (χ4n) is 9.50. The highest BCUT2D eigenvalue weighted by atomic mass is 15.0. The smallest absolute Gasteiger partial charge is 0.0618 e. The SMILES string of the molecule is c1ccc(-c2cccc(-c3cccc(-n4c5ccccc5c5c6c7ccccc7n(-c7ccccc7)c6ccc54)c3)c2-n2c3ccccc3c3ccccc32)cc1. The van der Waals surface area contributed by atoms with Gasteiger partial charge in [-0.05, 0) is 71.8 Å². The Morgan fingerprint density at radius 2 is 0.649 bits per heavy atom. The van der Waals surface area contributed by atoms with E-state index in [0.29, 0.717) is 0 Å². The molecule has 12 aromatic rings. The topological polar surface area (TPSA) is 14.8 Å². The van der Waals surface area contributed by atoms with Gasteiger partial charge >= 0.3 is 0 Å². The lowest BCUT2D eigenvalue weighted by Gasteiger charge is -2.20. The summed E-state index contributed by atoms with van der Waals surface area (Å²) >= 11 is 0. The molecule has 3 heterocycles. The van der Waals surface area contributed by atoms with Crippen LogP contribution in [0.2, 0.25) is 0 Å². The van der Waals surface area contributed by atoms with Crippen molar-refractivity contribution < 1.29 is 0 Å². The van der Waals surface area contributed by atoms with Crippen LogP contribution in [0.5, 0.6) is 0 Å². The van der Waals surface area contributed by atoms with Gasteiger partial charge in [0.1, 0.15) is 0 Å². The van der Waals surface area contributed by atoms with Crippen LogP contribution in [0.25, 0.3) is 105 Å². The predicted molar refractivity (Wildman–Crippen MR) is 240 cm³/mol. The third-order valence-corrected chi connectivity index (χ3v) is 11.8. The second-order valence-corrected chi connectivity index (χ2v) is 14.9. The maximum atomic E-state index is 2.48. The van der Waals surface area contributed by atoms with Crippen LogP contribution in [0.3, 0.4) is 0 Å². The Kier molecular flexibility index (Phi) is 6.93. The second kappa shape index (κ2) is 12.5. The van der Waals surface area contributed by atoms with E-state index in [1.165, 1.54) is 87.8 Å². The molecule has 266 valence electrons. The molecule has 12 rings (SSSR count). The third kappa shape index (κ3) is 4.66. The van der Waals surface area contributed by atoms with E-state index in [1.54, 1.807) is 0 Å². The molecule has 0 saturated heterocycles. The molecular formula is C54H35N3. The Morgan fingerprint density at radius 3 is 1.23 bits per heavy atom. The largest absolute Gasteiger partial charge is 0.309 e. The summed E-state index contributed by atoms with van der Waals surface area (Å²) in [6.45, 7) is 0. The first-order valence-corrected chi connectivity index (χ1v) is 19.6. The van der Waals surface area contributed by atoms with Crippen LogP contribution >= 0.6 is 0 Å². The highest BCUT2D eigenvalue weighted by molar-refractivity contribution is 6.29. The van der Waals surface area contributed by atoms with Crippen LogP contribution in [-0.4, -0.2) is 13.7 Å². The summed E-state index contributed by atoms with van der Waals surface area (Å²) < 4.78 is 7.35. The Balaban J connectivity index is 1.14. The summed E-state index contributed by atoms with van der Waals surface area (Å²) in [5, 5.41) is 7.56. The van der Waals surface area contributed by atoms with E-state index < -0.39 is 0 Å². The molecule has 0 aliphatic heterocycles. The Hall–Kier alpha value is -7.62. The van der Waals surface area contributed by atoms with Crippen LogP contribution in [0.1, 0.15) is 0 Å². The molecule has 3 nitrogen and oxygen atoms in total. The quantitative estimate of drug-likeness (QED) is 0.168. The minimum Gasteiger partial charge on any atom is -0.309 e. The number of aromatic nitrogens is 3. The number of hydrogen-bond acceptors (Lipinski definition) is 0. The molecule has 3 heteroatoms. The standard InChI is InChI=1S/C54H35N3/c1-3-17-36(18-4-1)40-27-16-28-41(54(40)57-46-29-11-7-23-42(46)43-24-8-12-30-47(43)57)37-19-15-22-39(35-37)56-49-32-14-10-26-45(49)53-51(56)34-33-50-52(53)44-25-9-13-31-48(44)55(50)38-20-5-2-6-21-38/h1-35H. The van der Waals surface area contributed by atoms with Crippen molar-refractivity contribution in [3.63, 3.8) is 0 Å². The molecule has 0 spiro atoms. The van der Waals surface area contributed by atoms with E-state index in [-0.39, 0.29) is 0 Å². The molecule has 0 aliphatic carbocycles. The maximum Gasteiger partial charge on any atom is 0.0618 e. The van der Waals surface area contributed by atoms with E-state index in [4.69, 9.17) is 0 Å². The van der Waals surface area contributed by atoms with Gasteiger partial charge in [-0.1, -0.05) is 152 Å². The fraction of sp³-hybridized carbons (Fsp3) is 0. The lowest BCUT2D eigenvalue weighted by Crippen LogP contribution is -2.01. The summed E-state index contributed by atoms with van der Waals surface area (Å²) in [5.41, 5.74) is 15.4. The zero-order chi connectivity index (χ0) is 37.5. The zero-order valence-electron chi connectivity index (χ0n) is 31.0. The molecule has 0 radical (unpaired) electrons. The van der Waals surface area contributed by atoms with Gasteiger partial charge in [0.2, 0.25) is 0 Å². The lowest BCUT2D eigenvalue weighted by atomic mass is 9.95. The van der Waals surface area contributed by atoms with Gasteiger partial charge < -0.3 is 13.7 Å². The summed E-state index contributed by atoms with van der Waals surface area (Å²) in [6, 6.07) is 77.4. The van der Waals surface area contributed by atoms with Crippen LogP contribution in [0.4, 0.5) is 0 Å². The van der Waals surface area contributed by atoms with Crippen LogP contribution in [-0.2, 0) is 0 Å². The number of nitrogens with zero attached hydrogens (tertiary/aromatic N) is 3. The van der Waals surface area contributed by atoms with Gasteiger partial charge in [-0.25, -0.2) is 0 Å². The number of hydrogen-bond donors (Lipinski definition) is 0. The second-order valence-electron chi connectivity index (χ2n) is 14.9. The van der Waals surface area contributed by atoms with E-state index in [2.05, 4.69) is 226 Å². The van der Waals surface area contributed by atoms with Gasteiger partial charge in [0.05, 0.1) is 38.8 Å². The lowest BCUT2D eigenvalue weighted by molar-refractivity contribution is 1.17. The van der Waals surface area contributed by atoms with Crippen LogP contribution < -0.4 is 0 Å². The molecule has 57 heavy (non-hydrogen) atoms. The van der Waals surface area contributed by atoms with Crippen molar-refractivity contribution in [2.75, 3.05) is 0 Å². The molecule has 9 aromatic carbocycles. The van der Waals surface area contributed by atoms with E-state index in [0.717, 1.165) is 16.9 Å². The maximum absolute atomic E-state index is 2.48. The van der Waals surface area contributed by atoms with Crippen molar-refractivity contribution in [2.45, 2.75) is 0 Å². The van der Waals surface area contributed by atoms with E-state index >= 15 is 0 Å². The van der Waals surface area contributed by atoms with Gasteiger partial charge in [0.15, 0.2) is 0 Å². The van der Waals surface area contributed by atoms with Crippen molar-refractivity contribution in [3.8, 4) is 39.3 Å². The summed E-state index contributed by atoms with van der Waals surface area (Å²) in [5.74, 6) is 0. The summed E-state index contributed by atoms with van der Waals surface area (Å²) in [4.78, 5) is 0. The number of para-hydroxylation sites is 6. The predicted octanol–water partition coefficient (Wildman–Crippen LogP) is 14.3. The number of fused-ring (bicyclic) bond motifs is 10. The van der Waals surface area contributed by atoms with Crippen LogP contribution in [0, 0.1) is 0 Å². The molecule has 0 saturated carbocycles. The molecule has 0 N–H and O–H groups in total. The van der Waals surface area contributed by atoms with Crippen molar-refractivity contribution in [3.05, 3.63) is 212 Å². The Morgan fingerprint density at radius 1 is 0.246 bits per heavy atom. The number of rotatable bonds is 5. The zero-order valence-corrected chi connectivity index (χ0v) is 31.0. The van der Waals surface area contributed by atoms with E-state index in [1.807, 2.05) is 0 Å². The molecule has 3 aromatic heterocycles. The van der Waals surface area contributed by atoms with Crippen molar-refractivity contribution >= 4 is 65.4 Å². The third-order valence-electron chi connectivity index (χ3n) is 11.8. The van der Waals surface area contributed by atoms with Gasteiger partial charge in [-0.2, -0.15) is 0 Å². The molecule has 0 amide bonds. The van der Waals surface area contributed by atoms with E-state index in [9.17, 15) is 0 Å². The Labute approximate surface area is 329 Å². The molecule has 0 atom stereocenters. The average Bonchev–Trinajstić information content (AvgIpc) is 3.92. The summed E-state index contributed by atoms with van der Waals surface area (Å²) in [6.07, 6.45) is 0. The fourth-order valence-corrected chi connectivity index (χ4v) is 9.50. The minimum absolute atomic E-state index is 1.13. The Bertz CT molecular complexity index is 3460. The molecule has 0 bridgehead atoms. The molecule has 0 unspecified atom stereocenters. The van der Waals surface area contributed by atoms with Crippen LogP contribution in [0.15, 0.2) is 212 Å². The first kappa shape index (κ1) is 31.7. The van der Waals surface area contributed by atoms with Gasteiger partial charge in [-0.15, -0.1) is 0 Å². The van der Waals surface area contributed by atoms with Gasteiger partial charge in [0.25, 0.3) is 0 Å². The monoisotopic (exact) mass is 725 g/mol. The first-order valence-electron chi connectivity index (χ1n) is 19.6. The van der Waals surface area contributed by atoms with Gasteiger partial charge in [0, 0.05) is 54.8 Å². The molecular weight excluding hydrogens is 691 g/mol. The minimum atomic E-state index is 1.13. The highest BCUT2D eigenvalue weighted by Gasteiger charge is 2.22. The average molecular weight is 726 g/mol. The van der Waals surface area contributed by atoms with Crippen molar-refractivity contribution in [1.82, 2.24) is 13.7 Å². The molecule has 0 aliphatic rings. The van der Waals surface area contributed by atoms with Gasteiger partial charge in [-0.3, -0.25) is 0 Å². The first-order chi connectivity index (χ1) is 28.3. The highest BCUT2D eigenvalue weighted by Crippen LogP contribution is 2.44. The normalized spacial score (nSPS) is 11.9. The molecule has 0 fully saturated rings.